The Labute approximate surface area is 155 Å². The molecule has 1 amide bonds. The van der Waals surface area contributed by atoms with E-state index in [1.807, 2.05) is 13.0 Å². The first kappa shape index (κ1) is 17.9. The normalized spacial score (nSPS) is 10.4. The Balaban J connectivity index is 1.96. The van der Waals surface area contributed by atoms with E-state index in [1.54, 1.807) is 30.1 Å². The first-order valence-corrected chi connectivity index (χ1v) is 8.17. The molecule has 0 spiro atoms. The van der Waals surface area contributed by atoms with Crippen LogP contribution >= 0.6 is 0 Å². The van der Waals surface area contributed by atoms with Crippen LogP contribution in [0.15, 0.2) is 36.7 Å². The summed E-state index contributed by atoms with van der Waals surface area (Å²) in [7, 11) is 1.56. The van der Waals surface area contributed by atoms with Gasteiger partial charge in [0.1, 0.15) is 11.8 Å². The molecule has 8 heteroatoms. The highest BCUT2D eigenvalue weighted by atomic mass is 16.3. The van der Waals surface area contributed by atoms with E-state index in [0.717, 1.165) is 11.3 Å². The Morgan fingerprint density at radius 2 is 2.15 bits per heavy atom. The molecule has 2 aromatic heterocycles. The molecule has 3 aromatic rings. The largest absolute Gasteiger partial charge is 0.507 e. The quantitative estimate of drug-likeness (QED) is 0.649. The SMILES string of the molecule is CNC(=O)c1cncc(Cn2nc(N)c(-c3ccc(C#N)c(O)c3)c2C)c1. The van der Waals surface area contributed by atoms with Crippen molar-refractivity contribution < 1.29 is 9.90 Å². The minimum absolute atomic E-state index is 0.107. The molecule has 1 aromatic carbocycles. The van der Waals surface area contributed by atoms with Gasteiger partial charge in [0.05, 0.1) is 17.7 Å². The fraction of sp³-hybridized carbons (Fsp3) is 0.158. The van der Waals surface area contributed by atoms with Gasteiger partial charge < -0.3 is 16.2 Å². The van der Waals surface area contributed by atoms with Crippen molar-refractivity contribution in [3.8, 4) is 22.9 Å². The predicted octanol–water partition coefficient (Wildman–Crippen LogP) is 1.82. The Hall–Kier alpha value is -3.86. The van der Waals surface area contributed by atoms with Crippen molar-refractivity contribution in [2.75, 3.05) is 12.8 Å². The highest BCUT2D eigenvalue weighted by molar-refractivity contribution is 5.93. The lowest BCUT2D eigenvalue weighted by molar-refractivity contribution is 0.0962. The molecule has 0 aliphatic rings. The van der Waals surface area contributed by atoms with Crippen LogP contribution in [-0.2, 0) is 6.54 Å². The second-order valence-electron chi connectivity index (χ2n) is 6.01. The maximum Gasteiger partial charge on any atom is 0.252 e. The Morgan fingerprint density at radius 3 is 2.81 bits per heavy atom. The smallest absolute Gasteiger partial charge is 0.252 e. The summed E-state index contributed by atoms with van der Waals surface area (Å²) in [5, 5.41) is 25.8. The van der Waals surface area contributed by atoms with E-state index >= 15 is 0 Å². The molecule has 8 nitrogen and oxygen atoms in total. The topological polar surface area (TPSA) is 130 Å². The van der Waals surface area contributed by atoms with E-state index in [1.165, 1.54) is 18.3 Å². The summed E-state index contributed by atoms with van der Waals surface area (Å²) in [5.74, 6) is -0.00847. The van der Waals surface area contributed by atoms with Crippen molar-refractivity contribution in [1.82, 2.24) is 20.1 Å². The molecule has 0 saturated carbocycles. The monoisotopic (exact) mass is 362 g/mol. The highest BCUT2D eigenvalue weighted by Crippen LogP contribution is 2.32. The number of benzene rings is 1. The maximum atomic E-state index is 11.8. The summed E-state index contributed by atoms with van der Waals surface area (Å²) >= 11 is 0. The Kier molecular flexibility index (Phi) is 4.77. The van der Waals surface area contributed by atoms with Crippen molar-refractivity contribution in [3.63, 3.8) is 0 Å². The third kappa shape index (κ3) is 3.43. The molecule has 0 saturated heterocycles. The number of nitriles is 1. The highest BCUT2D eigenvalue weighted by Gasteiger charge is 2.16. The van der Waals surface area contributed by atoms with Crippen molar-refractivity contribution >= 4 is 11.7 Å². The summed E-state index contributed by atoms with van der Waals surface area (Å²) in [6.07, 6.45) is 3.16. The van der Waals surface area contributed by atoms with Crippen molar-refractivity contribution in [2.45, 2.75) is 13.5 Å². The van der Waals surface area contributed by atoms with Crippen LogP contribution in [0, 0.1) is 18.3 Å². The van der Waals surface area contributed by atoms with E-state index in [9.17, 15) is 9.90 Å². The summed E-state index contributed by atoms with van der Waals surface area (Å²) in [6, 6.07) is 8.42. The summed E-state index contributed by atoms with van der Waals surface area (Å²) in [6.45, 7) is 2.25. The fourth-order valence-electron chi connectivity index (χ4n) is 2.88. The number of anilines is 1. The van der Waals surface area contributed by atoms with Crippen LogP contribution < -0.4 is 11.1 Å². The number of carbonyl (C=O) groups is 1. The van der Waals surface area contributed by atoms with Gasteiger partial charge in [-0.15, -0.1) is 0 Å². The average Bonchev–Trinajstić information content (AvgIpc) is 2.94. The predicted molar refractivity (Wildman–Crippen MR) is 99.9 cm³/mol. The van der Waals surface area contributed by atoms with Gasteiger partial charge in [0.2, 0.25) is 0 Å². The van der Waals surface area contributed by atoms with Crippen LogP contribution in [-0.4, -0.2) is 32.8 Å². The molecular weight excluding hydrogens is 344 g/mol. The van der Waals surface area contributed by atoms with Crippen molar-refractivity contribution in [1.29, 1.82) is 5.26 Å². The minimum Gasteiger partial charge on any atom is -0.507 e. The molecule has 4 N–H and O–H groups in total. The van der Waals surface area contributed by atoms with Gasteiger partial charge in [0.15, 0.2) is 5.82 Å². The molecule has 136 valence electrons. The van der Waals surface area contributed by atoms with E-state index in [0.29, 0.717) is 29.1 Å². The van der Waals surface area contributed by atoms with Gasteiger partial charge >= 0.3 is 0 Å². The summed E-state index contributed by atoms with van der Waals surface area (Å²) in [5.41, 5.74) is 9.70. The maximum absolute atomic E-state index is 11.8. The number of hydrogen-bond donors (Lipinski definition) is 3. The number of phenols is 1. The number of rotatable bonds is 4. The lowest BCUT2D eigenvalue weighted by Gasteiger charge is -2.07. The van der Waals surface area contributed by atoms with E-state index < -0.39 is 0 Å². The van der Waals surface area contributed by atoms with Crippen LogP contribution in [0.5, 0.6) is 5.75 Å². The van der Waals surface area contributed by atoms with Crippen LogP contribution in [0.3, 0.4) is 0 Å². The lowest BCUT2D eigenvalue weighted by Crippen LogP contribution is -2.18. The van der Waals surface area contributed by atoms with Crippen molar-refractivity contribution in [3.05, 3.63) is 59.0 Å². The number of amides is 1. The molecule has 0 fully saturated rings. The Bertz CT molecular complexity index is 1060. The lowest BCUT2D eigenvalue weighted by atomic mass is 10.0. The number of nitrogens with one attached hydrogen (secondary N) is 1. The number of nitrogens with two attached hydrogens (primary N) is 1. The van der Waals surface area contributed by atoms with Gasteiger partial charge in [-0.25, -0.2) is 0 Å². The number of phenolic OH excluding ortho intramolecular Hbond substituents is 1. The van der Waals surface area contributed by atoms with Gasteiger partial charge in [0, 0.05) is 30.7 Å². The Morgan fingerprint density at radius 1 is 1.37 bits per heavy atom. The zero-order valence-electron chi connectivity index (χ0n) is 14.9. The molecule has 0 atom stereocenters. The number of aromatic hydroxyl groups is 1. The van der Waals surface area contributed by atoms with Crippen molar-refractivity contribution in [2.24, 2.45) is 0 Å². The van der Waals surface area contributed by atoms with Gasteiger partial charge in [-0.2, -0.15) is 10.4 Å². The average molecular weight is 362 g/mol. The standard InChI is InChI=1S/C19H18N6O2/c1-11-17(13-3-4-14(7-20)16(26)6-13)18(21)24-25(11)10-12-5-15(9-23-8-12)19(27)22-2/h3-6,8-9,26H,10H2,1-2H3,(H2,21,24)(H,22,27). The molecule has 27 heavy (non-hydrogen) atoms. The number of aromatic nitrogens is 3. The molecule has 2 heterocycles. The van der Waals surface area contributed by atoms with E-state index in [2.05, 4.69) is 15.4 Å². The van der Waals surface area contributed by atoms with E-state index in [4.69, 9.17) is 11.0 Å². The number of carbonyl (C=O) groups excluding carboxylic acids is 1. The first-order chi connectivity index (χ1) is 12.9. The third-order valence-corrected chi connectivity index (χ3v) is 4.26. The second kappa shape index (κ2) is 7.17. The molecular formula is C19H18N6O2. The first-order valence-electron chi connectivity index (χ1n) is 8.17. The van der Waals surface area contributed by atoms with E-state index in [-0.39, 0.29) is 17.2 Å². The fourth-order valence-corrected chi connectivity index (χ4v) is 2.88. The second-order valence-corrected chi connectivity index (χ2v) is 6.01. The van der Waals surface area contributed by atoms with Crippen LogP contribution in [0.1, 0.15) is 27.2 Å². The van der Waals surface area contributed by atoms with Gasteiger partial charge in [-0.3, -0.25) is 14.5 Å². The zero-order valence-corrected chi connectivity index (χ0v) is 14.9. The summed E-state index contributed by atoms with van der Waals surface area (Å²) in [4.78, 5) is 15.9. The molecule has 0 unspecified atom stereocenters. The molecule has 0 aliphatic heterocycles. The van der Waals surface area contributed by atoms with Gasteiger partial charge in [0.25, 0.3) is 5.91 Å². The third-order valence-electron chi connectivity index (χ3n) is 4.26. The number of hydrogen-bond acceptors (Lipinski definition) is 6. The van der Waals surface area contributed by atoms with Gasteiger partial charge in [-0.05, 0) is 36.2 Å². The zero-order chi connectivity index (χ0) is 19.6. The van der Waals surface area contributed by atoms with Crippen LogP contribution in [0.25, 0.3) is 11.1 Å². The molecule has 3 rings (SSSR count). The number of nitrogen functional groups attached to an aromatic ring is 1. The molecule has 0 bridgehead atoms. The summed E-state index contributed by atoms with van der Waals surface area (Å²) < 4.78 is 1.71. The molecule has 0 aliphatic carbocycles. The minimum atomic E-state index is -0.213. The van der Waals surface area contributed by atoms with Crippen LogP contribution in [0.4, 0.5) is 5.82 Å². The number of pyridine rings is 1. The molecule has 0 radical (unpaired) electrons. The number of nitrogens with zero attached hydrogens (tertiary/aromatic N) is 4. The van der Waals surface area contributed by atoms with Crippen LogP contribution in [0.2, 0.25) is 0 Å². The van der Waals surface area contributed by atoms with Gasteiger partial charge in [-0.1, -0.05) is 6.07 Å².